The highest BCUT2D eigenvalue weighted by Crippen LogP contribution is 2.32. The van der Waals surface area contributed by atoms with Gasteiger partial charge >= 0.3 is 0 Å². The van der Waals surface area contributed by atoms with E-state index in [1.54, 1.807) is 12.3 Å². The number of oxime groups is 1. The predicted molar refractivity (Wildman–Crippen MR) is 83.2 cm³/mol. The first-order valence-corrected chi connectivity index (χ1v) is 7.67. The van der Waals surface area contributed by atoms with Crippen molar-refractivity contribution < 1.29 is 10.0 Å². The number of carbonyl (C=O) groups excluding carboxylic acids is 1. The van der Waals surface area contributed by atoms with Gasteiger partial charge < -0.3 is 16.3 Å². The molecule has 1 amide bonds. The summed E-state index contributed by atoms with van der Waals surface area (Å²) in [5, 5.41) is 15.1. The van der Waals surface area contributed by atoms with Crippen molar-refractivity contribution in [3.8, 4) is 0 Å². The van der Waals surface area contributed by atoms with Crippen molar-refractivity contribution in [2.24, 2.45) is 16.8 Å². The highest BCUT2D eigenvalue weighted by atomic mass is 79.9. The molecule has 1 saturated carbocycles. The highest BCUT2D eigenvalue weighted by Gasteiger charge is 2.40. The first-order valence-electron chi connectivity index (χ1n) is 6.88. The Labute approximate surface area is 131 Å². The quantitative estimate of drug-likeness (QED) is 0.335. The zero-order chi connectivity index (χ0) is 15.5. The molecule has 2 rings (SSSR count). The summed E-state index contributed by atoms with van der Waals surface area (Å²) in [6.07, 6.45) is 6.28. The molecule has 4 N–H and O–H groups in total. The summed E-state index contributed by atoms with van der Waals surface area (Å²) in [5.41, 5.74) is 5.51. The molecule has 0 saturated heterocycles. The van der Waals surface area contributed by atoms with E-state index >= 15 is 0 Å². The number of aromatic nitrogens is 1. The van der Waals surface area contributed by atoms with Crippen LogP contribution in [-0.2, 0) is 0 Å². The molecule has 0 radical (unpaired) electrons. The van der Waals surface area contributed by atoms with Crippen LogP contribution in [0.1, 0.15) is 43.0 Å². The first kappa shape index (κ1) is 15.8. The lowest BCUT2D eigenvalue weighted by atomic mass is 9.76. The van der Waals surface area contributed by atoms with Gasteiger partial charge in [0.15, 0.2) is 5.84 Å². The second-order valence-corrected chi connectivity index (χ2v) is 6.51. The van der Waals surface area contributed by atoms with Gasteiger partial charge in [-0.05, 0) is 53.6 Å². The number of hydrogen-bond acceptors (Lipinski definition) is 4. The smallest absolute Gasteiger partial charge is 0.253 e. The van der Waals surface area contributed by atoms with Crippen molar-refractivity contribution in [3.63, 3.8) is 0 Å². The van der Waals surface area contributed by atoms with E-state index in [2.05, 4.69) is 38.3 Å². The van der Waals surface area contributed by atoms with Crippen molar-refractivity contribution in [3.05, 3.63) is 28.5 Å². The Morgan fingerprint density at radius 1 is 1.52 bits per heavy atom. The molecule has 0 bridgehead atoms. The maximum absolute atomic E-state index is 12.4. The molecule has 1 heterocycles. The number of nitrogens with two attached hydrogens (primary N) is 1. The van der Waals surface area contributed by atoms with E-state index < -0.39 is 5.54 Å². The van der Waals surface area contributed by atoms with E-state index in [0.717, 1.165) is 17.3 Å². The summed E-state index contributed by atoms with van der Waals surface area (Å²) in [4.78, 5) is 16.4. The van der Waals surface area contributed by atoms with Gasteiger partial charge in [-0.3, -0.25) is 9.78 Å². The minimum atomic E-state index is -0.777. The fourth-order valence-electron chi connectivity index (χ4n) is 2.62. The van der Waals surface area contributed by atoms with Gasteiger partial charge in [0.25, 0.3) is 5.91 Å². The van der Waals surface area contributed by atoms with Gasteiger partial charge in [0, 0.05) is 16.9 Å². The van der Waals surface area contributed by atoms with E-state index in [1.807, 2.05) is 0 Å². The highest BCUT2D eigenvalue weighted by molar-refractivity contribution is 9.10. The molecule has 6 nitrogen and oxygen atoms in total. The molecule has 21 heavy (non-hydrogen) atoms. The number of nitrogens with one attached hydrogen (secondary N) is 1. The molecule has 1 aromatic heterocycles. The molecular formula is C14H19BrN4O2. The van der Waals surface area contributed by atoms with Crippen molar-refractivity contribution >= 4 is 27.7 Å². The van der Waals surface area contributed by atoms with Crippen LogP contribution in [0.25, 0.3) is 0 Å². The molecule has 114 valence electrons. The summed E-state index contributed by atoms with van der Waals surface area (Å²) >= 11 is 3.29. The average Bonchev–Trinajstić information content (AvgIpc) is 2.49. The zero-order valence-corrected chi connectivity index (χ0v) is 13.4. The Morgan fingerprint density at radius 3 is 2.76 bits per heavy atom. The molecule has 0 unspecified atom stereocenters. The minimum absolute atomic E-state index is 0.0608. The van der Waals surface area contributed by atoms with Crippen LogP contribution in [0.4, 0.5) is 0 Å². The molecule has 1 aliphatic carbocycles. The summed E-state index contributed by atoms with van der Waals surface area (Å²) < 4.78 is 0.727. The van der Waals surface area contributed by atoms with Gasteiger partial charge in [0.2, 0.25) is 0 Å². The van der Waals surface area contributed by atoms with Crippen LogP contribution < -0.4 is 11.1 Å². The molecule has 1 aliphatic rings. The van der Waals surface area contributed by atoms with Crippen LogP contribution in [0.15, 0.2) is 28.1 Å². The number of rotatable bonds is 3. The lowest BCUT2D eigenvalue weighted by Crippen LogP contribution is -2.59. The van der Waals surface area contributed by atoms with E-state index in [1.165, 1.54) is 6.20 Å². The zero-order valence-electron chi connectivity index (χ0n) is 11.8. The van der Waals surface area contributed by atoms with Crippen molar-refractivity contribution in [1.82, 2.24) is 10.3 Å². The lowest BCUT2D eigenvalue weighted by Gasteiger charge is -2.38. The van der Waals surface area contributed by atoms with Crippen LogP contribution in [0.3, 0.4) is 0 Å². The van der Waals surface area contributed by atoms with Crippen LogP contribution in [0.2, 0.25) is 0 Å². The third-order valence-corrected chi connectivity index (χ3v) is 4.48. The average molecular weight is 355 g/mol. The fraction of sp³-hybridized carbons (Fsp3) is 0.500. The Balaban J connectivity index is 2.21. The molecule has 0 atom stereocenters. The minimum Gasteiger partial charge on any atom is -0.409 e. The Bertz CT molecular complexity index is 554. The standard InChI is InChI=1S/C14H19BrN4O2/c1-9-2-4-14(5-3-9,13(16)19-21)18-12(20)10-6-11(15)8-17-7-10/h6-9,21H,2-5H2,1H3,(H2,16,19)(H,18,20). The predicted octanol–water partition coefficient (Wildman–Crippen LogP) is 2.27. The Kier molecular flexibility index (Phi) is 4.82. The number of nitrogens with zero attached hydrogens (tertiary/aromatic N) is 2. The van der Waals surface area contributed by atoms with Crippen LogP contribution in [-0.4, -0.2) is 27.5 Å². The van der Waals surface area contributed by atoms with Gasteiger partial charge in [-0.25, -0.2) is 0 Å². The van der Waals surface area contributed by atoms with Crippen LogP contribution in [0, 0.1) is 5.92 Å². The normalized spacial score (nSPS) is 26.4. The SMILES string of the molecule is CC1CCC(NC(=O)c2cncc(Br)c2)(/C(N)=N/O)CC1. The summed E-state index contributed by atoms with van der Waals surface area (Å²) in [5.74, 6) is 0.365. The van der Waals surface area contributed by atoms with Gasteiger partial charge in [-0.1, -0.05) is 12.1 Å². The second kappa shape index (κ2) is 6.43. The fourth-order valence-corrected chi connectivity index (χ4v) is 2.99. The molecule has 1 fully saturated rings. The summed E-state index contributed by atoms with van der Waals surface area (Å²) in [6.45, 7) is 2.16. The number of pyridine rings is 1. The molecule has 1 aromatic rings. The van der Waals surface area contributed by atoms with E-state index in [-0.39, 0.29) is 11.7 Å². The maximum atomic E-state index is 12.4. The maximum Gasteiger partial charge on any atom is 0.253 e. The summed E-state index contributed by atoms with van der Waals surface area (Å²) in [6, 6.07) is 1.69. The molecule has 0 spiro atoms. The number of hydrogen-bond donors (Lipinski definition) is 3. The molecular weight excluding hydrogens is 336 g/mol. The summed E-state index contributed by atoms with van der Waals surface area (Å²) in [7, 11) is 0. The number of halogens is 1. The van der Waals surface area contributed by atoms with E-state index in [0.29, 0.717) is 24.3 Å². The lowest BCUT2D eigenvalue weighted by molar-refractivity contribution is 0.0897. The van der Waals surface area contributed by atoms with Gasteiger partial charge in [0.1, 0.15) is 5.54 Å². The molecule has 0 aliphatic heterocycles. The van der Waals surface area contributed by atoms with Crippen LogP contribution in [0.5, 0.6) is 0 Å². The molecule has 7 heteroatoms. The monoisotopic (exact) mass is 354 g/mol. The van der Waals surface area contributed by atoms with Gasteiger partial charge in [-0.2, -0.15) is 0 Å². The third kappa shape index (κ3) is 3.53. The van der Waals surface area contributed by atoms with Gasteiger partial charge in [-0.15, -0.1) is 0 Å². The topological polar surface area (TPSA) is 101 Å². The Morgan fingerprint density at radius 2 is 2.19 bits per heavy atom. The van der Waals surface area contributed by atoms with Gasteiger partial charge in [0.05, 0.1) is 5.56 Å². The number of amides is 1. The number of amidine groups is 1. The van der Waals surface area contributed by atoms with Crippen molar-refractivity contribution in [2.75, 3.05) is 0 Å². The largest absolute Gasteiger partial charge is 0.409 e. The van der Waals surface area contributed by atoms with E-state index in [4.69, 9.17) is 10.9 Å². The second-order valence-electron chi connectivity index (χ2n) is 5.60. The Hall–Kier alpha value is -1.63. The first-order chi connectivity index (χ1) is 9.97. The van der Waals surface area contributed by atoms with Crippen LogP contribution >= 0.6 is 15.9 Å². The van der Waals surface area contributed by atoms with Crippen molar-refractivity contribution in [2.45, 2.75) is 38.1 Å². The van der Waals surface area contributed by atoms with E-state index in [9.17, 15) is 4.79 Å². The van der Waals surface area contributed by atoms with Crippen molar-refractivity contribution in [1.29, 1.82) is 0 Å². The molecule has 0 aromatic carbocycles. The number of carbonyl (C=O) groups is 1. The third-order valence-electron chi connectivity index (χ3n) is 4.05.